The molecular weight excluding hydrogens is 268 g/mol. The average molecular weight is 285 g/mol. The first-order valence-corrected chi connectivity index (χ1v) is 6.39. The molecular formula is C14H17ClO4. The Balaban J connectivity index is 3.25. The molecule has 0 saturated carbocycles. The standard InChI is InChI=1S/C14H17ClO4/c1-5-19-14(17)13(16)10-6-11(15)9(8(2)3)7-12(10)18-4/h6-8H,5H2,1-4H3. The number of methoxy groups -OCH3 is 1. The first-order valence-electron chi connectivity index (χ1n) is 6.01. The number of esters is 1. The van der Waals surface area contributed by atoms with Crippen LogP contribution < -0.4 is 4.74 Å². The molecule has 0 aliphatic carbocycles. The molecule has 0 atom stereocenters. The quantitative estimate of drug-likeness (QED) is 0.473. The Kier molecular flexibility index (Phi) is 5.36. The lowest BCUT2D eigenvalue weighted by Gasteiger charge is -2.13. The molecule has 1 aromatic carbocycles. The van der Waals surface area contributed by atoms with Crippen molar-refractivity contribution in [2.45, 2.75) is 26.7 Å². The van der Waals surface area contributed by atoms with Gasteiger partial charge in [-0.1, -0.05) is 25.4 Å². The van der Waals surface area contributed by atoms with E-state index >= 15 is 0 Å². The Morgan fingerprint density at radius 3 is 2.42 bits per heavy atom. The zero-order valence-corrected chi connectivity index (χ0v) is 12.2. The topological polar surface area (TPSA) is 52.6 Å². The molecule has 0 heterocycles. The fourth-order valence-corrected chi connectivity index (χ4v) is 2.05. The highest BCUT2D eigenvalue weighted by atomic mass is 35.5. The van der Waals surface area contributed by atoms with Crippen LogP contribution in [0.3, 0.4) is 0 Å². The van der Waals surface area contributed by atoms with Crippen LogP contribution in [0.2, 0.25) is 5.02 Å². The highest BCUT2D eigenvalue weighted by Gasteiger charge is 2.23. The minimum atomic E-state index is -0.908. The summed E-state index contributed by atoms with van der Waals surface area (Å²) in [6.07, 6.45) is 0. The van der Waals surface area contributed by atoms with Crippen molar-refractivity contribution >= 4 is 23.4 Å². The van der Waals surface area contributed by atoms with Gasteiger partial charge in [0, 0.05) is 5.02 Å². The van der Waals surface area contributed by atoms with E-state index in [0.717, 1.165) is 5.56 Å². The molecule has 0 saturated heterocycles. The van der Waals surface area contributed by atoms with Crippen LogP contribution in [0.4, 0.5) is 0 Å². The van der Waals surface area contributed by atoms with E-state index < -0.39 is 11.8 Å². The molecule has 104 valence electrons. The van der Waals surface area contributed by atoms with Crippen LogP contribution in [0.25, 0.3) is 0 Å². The number of rotatable bonds is 5. The lowest BCUT2D eigenvalue weighted by Crippen LogP contribution is -2.18. The Bertz CT molecular complexity index is 494. The fourth-order valence-electron chi connectivity index (χ4n) is 1.66. The molecule has 0 bridgehead atoms. The second-order valence-electron chi connectivity index (χ2n) is 4.28. The maximum absolute atomic E-state index is 11.9. The highest BCUT2D eigenvalue weighted by molar-refractivity contribution is 6.42. The van der Waals surface area contributed by atoms with Gasteiger partial charge in [0.2, 0.25) is 0 Å². The molecule has 19 heavy (non-hydrogen) atoms. The molecule has 0 radical (unpaired) electrons. The minimum Gasteiger partial charge on any atom is -0.496 e. The number of carbonyl (C=O) groups is 2. The zero-order chi connectivity index (χ0) is 14.6. The SMILES string of the molecule is CCOC(=O)C(=O)c1cc(Cl)c(C(C)C)cc1OC. The summed E-state index contributed by atoms with van der Waals surface area (Å²) in [6.45, 7) is 5.74. The molecule has 4 nitrogen and oxygen atoms in total. The van der Waals surface area contributed by atoms with Crippen molar-refractivity contribution < 1.29 is 19.1 Å². The zero-order valence-electron chi connectivity index (χ0n) is 11.5. The van der Waals surface area contributed by atoms with Crippen molar-refractivity contribution in [1.82, 2.24) is 0 Å². The number of Topliss-reactive ketones (excluding diaryl/α,β-unsaturated/α-hetero) is 1. The van der Waals surface area contributed by atoms with E-state index in [2.05, 4.69) is 4.74 Å². The van der Waals surface area contributed by atoms with Gasteiger partial charge in [-0.25, -0.2) is 4.79 Å². The van der Waals surface area contributed by atoms with Crippen LogP contribution in [0.1, 0.15) is 42.6 Å². The first kappa shape index (κ1) is 15.5. The summed E-state index contributed by atoms with van der Waals surface area (Å²) < 4.78 is 9.84. The molecule has 5 heteroatoms. The smallest absolute Gasteiger partial charge is 0.379 e. The molecule has 0 aromatic heterocycles. The Morgan fingerprint density at radius 1 is 1.32 bits per heavy atom. The van der Waals surface area contributed by atoms with Gasteiger partial charge in [-0.15, -0.1) is 0 Å². The van der Waals surface area contributed by atoms with Crippen LogP contribution in [0, 0.1) is 0 Å². The Morgan fingerprint density at radius 2 is 1.95 bits per heavy atom. The second kappa shape index (κ2) is 6.57. The highest BCUT2D eigenvalue weighted by Crippen LogP contribution is 2.32. The van der Waals surface area contributed by atoms with Gasteiger partial charge in [-0.2, -0.15) is 0 Å². The van der Waals surface area contributed by atoms with Crippen molar-refractivity contribution in [3.05, 3.63) is 28.3 Å². The van der Waals surface area contributed by atoms with Crippen LogP contribution in [-0.4, -0.2) is 25.5 Å². The van der Waals surface area contributed by atoms with Gasteiger partial charge in [0.05, 0.1) is 19.3 Å². The third kappa shape index (κ3) is 3.47. The lowest BCUT2D eigenvalue weighted by molar-refractivity contribution is -0.137. The maximum atomic E-state index is 11.9. The normalized spacial score (nSPS) is 10.4. The molecule has 0 amide bonds. The third-order valence-corrected chi connectivity index (χ3v) is 2.97. The third-order valence-electron chi connectivity index (χ3n) is 2.65. The summed E-state index contributed by atoms with van der Waals surface area (Å²) in [6, 6.07) is 3.13. The lowest BCUT2D eigenvalue weighted by atomic mass is 9.99. The van der Waals surface area contributed by atoms with E-state index in [9.17, 15) is 9.59 Å². The van der Waals surface area contributed by atoms with Gasteiger partial charge in [0.25, 0.3) is 5.78 Å². The number of hydrogen-bond donors (Lipinski definition) is 0. The number of benzene rings is 1. The van der Waals surface area contributed by atoms with Gasteiger partial charge in [-0.3, -0.25) is 4.79 Å². The number of ketones is 1. The summed E-state index contributed by atoms with van der Waals surface area (Å²) in [4.78, 5) is 23.4. The molecule has 0 unspecified atom stereocenters. The van der Waals surface area contributed by atoms with Gasteiger partial charge < -0.3 is 9.47 Å². The molecule has 0 aliphatic heterocycles. The van der Waals surface area contributed by atoms with Crippen molar-refractivity contribution in [3.63, 3.8) is 0 Å². The van der Waals surface area contributed by atoms with Crippen molar-refractivity contribution in [2.24, 2.45) is 0 Å². The van der Waals surface area contributed by atoms with Crippen molar-refractivity contribution in [3.8, 4) is 5.75 Å². The summed E-state index contributed by atoms with van der Waals surface area (Å²) in [5.41, 5.74) is 0.981. The second-order valence-corrected chi connectivity index (χ2v) is 4.69. The number of hydrogen-bond acceptors (Lipinski definition) is 4. The van der Waals surface area contributed by atoms with E-state index in [1.165, 1.54) is 13.2 Å². The summed E-state index contributed by atoms with van der Waals surface area (Å²) >= 11 is 6.12. The van der Waals surface area contributed by atoms with Crippen LogP contribution in [0.15, 0.2) is 12.1 Å². The van der Waals surface area contributed by atoms with Crippen LogP contribution in [0.5, 0.6) is 5.75 Å². The molecule has 0 aliphatic rings. The maximum Gasteiger partial charge on any atom is 0.379 e. The molecule has 1 rings (SSSR count). The molecule has 0 spiro atoms. The number of carbonyl (C=O) groups excluding carboxylic acids is 2. The molecule has 0 fully saturated rings. The molecule has 0 N–H and O–H groups in total. The van der Waals surface area contributed by atoms with E-state index in [1.807, 2.05) is 13.8 Å². The molecule has 1 aromatic rings. The monoisotopic (exact) mass is 284 g/mol. The summed E-state index contributed by atoms with van der Waals surface area (Å²) in [5, 5.41) is 0.434. The fraction of sp³-hybridized carbons (Fsp3) is 0.429. The largest absolute Gasteiger partial charge is 0.496 e. The average Bonchev–Trinajstić information content (AvgIpc) is 2.37. The Labute approximate surface area is 117 Å². The van der Waals surface area contributed by atoms with E-state index in [-0.39, 0.29) is 18.1 Å². The Hall–Kier alpha value is -1.55. The first-order chi connectivity index (χ1) is 8.92. The minimum absolute atomic E-state index is 0.121. The van der Waals surface area contributed by atoms with Gasteiger partial charge >= 0.3 is 5.97 Å². The van der Waals surface area contributed by atoms with E-state index in [4.69, 9.17) is 16.3 Å². The number of halogens is 1. The predicted molar refractivity (Wildman–Crippen MR) is 73.1 cm³/mol. The van der Waals surface area contributed by atoms with E-state index in [0.29, 0.717) is 10.8 Å². The van der Waals surface area contributed by atoms with E-state index in [1.54, 1.807) is 13.0 Å². The van der Waals surface area contributed by atoms with Gasteiger partial charge in [0.1, 0.15) is 5.75 Å². The van der Waals surface area contributed by atoms with Crippen molar-refractivity contribution in [2.75, 3.05) is 13.7 Å². The summed E-state index contributed by atoms with van der Waals surface area (Å²) in [5.74, 6) is -1.15. The van der Waals surface area contributed by atoms with Crippen LogP contribution >= 0.6 is 11.6 Å². The van der Waals surface area contributed by atoms with Gasteiger partial charge in [0.15, 0.2) is 0 Å². The summed E-state index contributed by atoms with van der Waals surface area (Å²) in [7, 11) is 1.44. The van der Waals surface area contributed by atoms with Crippen molar-refractivity contribution in [1.29, 1.82) is 0 Å². The number of ether oxygens (including phenoxy) is 2. The van der Waals surface area contributed by atoms with Crippen LogP contribution in [-0.2, 0) is 9.53 Å². The van der Waals surface area contributed by atoms with Gasteiger partial charge in [-0.05, 0) is 30.5 Å². The predicted octanol–water partition coefficient (Wildman–Crippen LogP) is 3.22.